The molecule has 0 amide bonds. The molecule has 0 spiro atoms. The fraction of sp³-hybridized carbons (Fsp3) is 0.0800. The van der Waals surface area contributed by atoms with Crippen molar-refractivity contribution in [1.29, 1.82) is 0 Å². The number of nitrogens with one attached hydrogen (secondary N) is 1. The van der Waals surface area contributed by atoms with E-state index in [9.17, 15) is 9.90 Å². The van der Waals surface area contributed by atoms with Gasteiger partial charge in [-0.1, -0.05) is 35.9 Å². The molecule has 7 nitrogen and oxygen atoms in total. The second-order valence-corrected chi connectivity index (χ2v) is 8.54. The van der Waals surface area contributed by atoms with Gasteiger partial charge in [0, 0.05) is 10.6 Å². The molecule has 0 bridgehead atoms. The standard InChI is InChI=1S/C25H20ClN3O4S/c1-32-20-10-4-17(5-11-20)15-33-21-12-2-16(3-13-21)14-22(24(30)31)34-25-27-23(28-29-25)18-6-8-19(26)9-7-18/h2-14H,15H2,1H3,(H,30,31)(H,27,28,29)/b22-14-. The summed E-state index contributed by atoms with van der Waals surface area (Å²) in [5.74, 6) is 0.933. The smallest absolute Gasteiger partial charge is 0.342 e. The monoisotopic (exact) mass is 493 g/mol. The summed E-state index contributed by atoms with van der Waals surface area (Å²) in [6, 6.07) is 21.9. The van der Waals surface area contributed by atoms with E-state index in [4.69, 9.17) is 21.1 Å². The predicted molar refractivity (Wildman–Crippen MR) is 132 cm³/mol. The van der Waals surface area contributed by atoms with Crippen LogP contribution >= 0.6 is 23.4 Å². The predicted octanol–water partition coefficient (Wildman–Crippen LogP) is 5.93. The average molecular weight is 494 g/mol. The molecule has 0 unspecified atom stereocenters. The number of rotatable bonds is 9. The highest BCUT2D eigenvalue weighted by Crippen LogP contribution is 2.28. The van der Waals surface area contributed by atoms with E-state index < -0.39 is 5.97 Å². The van der Waals surface area contributed by atoms with Gasteiger partial charge in [0.2, 0.25) is 5.16 Å². The third kappa shape index (κ3) is 6.18. The van der Waals surface area contributed by atoms with Crippen LogP contribution in [0.4, 0.5) is 0 Å². The summed E-state index contributed by atoms with van der Waals surface area (Å²) in [4.78, 5) is 16.3. The van der Waals surface area contributed by atoms with Crippen LogP contribution in [0.2, 0.25) is 5.02 Å². The van der Waals surface area contributed by atoms with E-state index in [2.05, 4.69) is 15.2 Å². The molecule has 34 heavy (non-hydrogen) atoms. The zero-order valence-electron chi connectivity index (χ0n) is 18.1. The highest BCUT2D eigenvalue weighted by atomic mass is 35.5. The van der Waals surface area contributed by atoms with Crippen molar-refractivity contribution in [2.24, 2.45) is 0 Å². The van der Waals surface area contributed by atoms with Gasteiger partial charge in [0.1, 0.15) is 23.0 Å². The molecule has 0 aliphatic carbocycles. The molecule has 3 aromatic carbocycles. The quantitative estimate of drug-likeness (QED) is 0.220. The molecule has 1 heterocycles. The first-order valence-electron chi connectivity index (χ1n) is 10.2. The number of halogens is 1. The molecule has 0 saturated heterocycles. The summed E-state index contributed by atoms with van der Waals surface area (Å²) in [6.45, 7) is 0.413. The Balaban J connectivity index is 1.41. The molecule has 2 N–H and O–H groups in total. The maximum absolute atomic E-state index is 11.8. The molecule has 0 aliphatic rings. The van der Waals surface area contributed by atoms with Gasteiger partial charge in [0.05, 0.1) is 7.11 Å². The fourth-order valence-electron chi connectivity index (χ4n) is 2.96. The number of ether oxygens (including phenoxy) is 2. The summed E-state index contributed by atoms with van der Waals surface area (Å²) < 4.78 is 11.0. The van der Waals surface area contributed by atoms with Crippen LogP contribution in [0.25, 0.3) is 17.5 Å². The van der Waals surface area contributed by atoms with Gasteiger partial charge in [-0.3, -0.25) is 5.10 Å². The third-order valence-corrected chi connectivity index (χ3v) is 5.87. The number of thioether (sulfide) groups is 1. The normalized spacial score (nSPS) is 11.3. The number of hydrogen-bond acceptors (Lipinski definition) is 6. The van der Waals surface area contributed by atoms with Gasteiger partial charge in [0.15, 0.2) is 5.82 Å². The molecule has 0 atom stereocenters. The van der Waals surface area contributed by atoms with Gasteiger partial charge < -0.3 is 14.6 Å². The lowest BCUT2D eigenvalue weighted by atomic mass is 10.2. The highest BCUT2D eigenvalue weighted by Gasteiger charge is 2.14. The van der Waals surface area contributed by atoms with Gasteiger partial charge >= 0.3 is 5.97 Å². The van der Waals surface area contributed by atoms with Crippen molar-refractivity contribution >= 4 is 35.4 Å². The van der Waals surface area contributed by atoms with Crippen LogP contribution in [-0.4, -0.2) is 33.4 Å². The van der Waals surface area contributed by atoms with Gasteiger partial charge in [-0.25, -0.2) is 9.78 Å². The maximum Gasteiger partial charge on any atom is 0.342 e. The Kier molecular flexibility index (Phi) is 7.51. The van der Waals surface area contributed by atoms with Gasteiger partial charge in [0.25, 0.3) is 0 Å². The van der Waals surface area contributed by atoms with Crippen LogP contribution < -0.4 is 9.47 Å². The lowest BCUT2D eigenvalue weighted by Crippen LogP contribution is -1.97. The van der Waals surface area contributed by atoms with Crippen molar-refractivity contribution in [3.05, 3.63) is 93.9 Å². The molecular weight excluding hydrogens is 474 g/mol. The lowest BCUT2D eigenvalue weighted by Gasteiger charge is -2.07. The fourth-order valence-corrected chi connectivity index (χ4v) is 3.80. The Hall–Kier alpha value is -3.75. The van der Waals surface area contributed by atoms with Crippen molar-refractivity contribution in [2.75, 3.05) is 7.11 Å². The number of aromatic nitrogens is 3. The number of H-pyrrole nitrogens is 1. The zero-order chi connectivity index (χ0) is 23.9. The van der Waals surface area contributed by atoms with Gasteiger partial charge in [-0.15, -0.1) is 5.10 Å². The number of carboxylic acids is 1. The lowest BCUT2D eigenvalue weighted by molar-refractivity contribution is -0.131. The van der Waals surface area contributed by atoms with E-state index in [1.807, 2.05) is 36.4 Å². The zero-order valence-corrected chi connectivity index (χ0v) is 19.6. The first-order chi connectivity index (χ1) is 16.5. The van der Waals surface area contributed by atoms with E-state index in [0.29, 0.717) is 28.4 Å². The third-order valence-electron chi connectivity index (χ3n) is 4.74. The van der Waals surface area contributed by atoms with Crippen molar-refractivity contribution in [3.8, 4) is 22.9 Å². The number of methoxy groups -OCH3 is 1. The Labute approximate surface area is 205 Å². The van der Waals surface area contributed by atoms with E-state index in [0.717, 1.165) is 34.2 Å². The molecule has 1 aromatic heterocycles. The second kappa shape index (κ2) is 10.9. The van der Waals surface area contributed by atoms with Crippen LogP contribution in [0.1, 0.15) is 11.1 Å². The van der Waals surface area contributed by atoms with Crippen molar-refractivity contribution < 1.29 is 19.4 Å². The molecule has 0 aliphatic heterocycles. The molecular formula is C25H20ClN3O4S. The van der Waals surface area contributed by atoms with Crippen LogP contribution in [0, 0.1) is 0 Å². The topological polar surface area (TPSA) is 97.3 Å². The number of carboxylic acid groups (broad SMARTS) is 1. The Morgan fingerprint density at radius 3 is 2.35 bits per heavy atom. The van der Waals surface area contributed by atoms with E-state index in [1.165, 1.54) is 0 Å². The summed E-state index contributed by atoms with van der Waals surface area (Å²) in [6.07, 6.45) is 1.57. The first-order valence-corrected chi connectivity index (χ1v) is 11.4. The molecule has 9 heteroatoms. The molecule has 0 fully saturated rings. The number of aliphatic carboxylic acids is 1. The molecule has 4 rings (SSSR count). The number of hydrogen-bond donors (Lipinski definition) is 2. The van der Waals surface area contributed by atoms with E-state index in [1.54, 1.807) is 49.6 Å². The first kappa shape index (κ1) is 23.4. The van der Waals surface area contributed by atoms with E-state index in [-0.39, 0.29) is 4.91 Å². The number of benzene rings is 3. The van der Waals surface area contributed by atoms with Crippen molar-refractivity contribution in [1.82, 2.24) is 15.2 Å². The van der Waals surface area contributed by atoms with Crippen LogP contribution in [0.3, 0.4) is 0 Å². The second-order valence-electron chi connectivity index (χ2n) is 7.10. The van der Waals surface area contributed by atoms with Crippen LogP contribution in [-0.2, 0) is 11.4 Å². The maximum atomic E-state index is 11.8. The number of nitrogens with zero attached hydrogens (tertiary/aromatic N) is 2. The minimum Gasteiger partial charge on any atom is -0.497 e. The molecule has 0 saturated carbocycles. The Morgan fingerprint density at radius 2 is 1.71 bits per heavy atom. The highest BCUT2D eigenvalue weighted by molar-refractivity contribution is 8.04. The molecule has 172 valence electrons. The van der Waals surface area contributed by atoms with Gasteiger partial charge in [-0.05, 0) is 77.5 Å². The summed E-state index contributed by atoms with van der Waals surface area (Å²) >= 11 is 6.88. The minimum absolute atomic E-state index is 0.0913. The Bertz CT molecular complexity index is 1290. The SMILES string of the molecule is COc1ccc(COc2ccc(/C=C(\Sc3n[nH]c(-c4ccc(Cl)cc4)n3)C(=O)O)cc2)cc1. The van der Waals surface area contributed by atoms with Crippen LogP contribution in [0.5, 0.6) is 11.5 Å². The van der Waals surface area contributed by atoms with E-state index >= 15 is 0 Å². The molecule has 0 radical (unpaired) electrons. The number of carbonyl (C=O) groups is 1. The Morgan fingerprint density at radius 1 is 1.03 bits per heavy atom. The summed E-state index contributed by atoms with van der Waals surface area (Å²) in [5.41, 5.74) is 2.53. The van der Waals surface area contributed by atoms with Crippen molar-refractivity contribution in [2.45, 2.75) is 11.8 Å². The largest absolute Gasteiger partial charge is 0.497 e. The average Bonchev–Trinajstić information content (AvgIpc) is 3.32. The number of aromatic amines is 1. The minimum atomic E-state index is -1.07. The molecule has 4 aromatic rings. The van der Waals surface area contributed by atoms with Crippen molar-refractivity contribution in [3.63, 3.8) is 0 Å². The van der Waals surface area contributed by atoms with Crippen LogP contribution in [0.15, 0.2) is 82.9 Å². The van der Waals surface area contributed by atoms with Gasteiger partial charge in [-0.2, -0.15) is 0 Å². The summed E-state index contributed by atoms with van der Waals surface area (Å²) in [5, 5.41) is 17.5. The summed E-state index contributed by atoms with van der Waals surface area (Å²) in [7, 11) is 1.62.